The van der Waals surface area contributed by atoms with Crippen LogP contribution in [0.25, 0.3) is 11.1 Å². The molecule has 0 bridgehead atoms. The van der Waals surface area contributed by atoms with E-state index in [2.05, 4.69) is 34.1 Å². The summed E-state index contributed by atoms with van der Waals surface area (Å²) in [4.78, 5) is 18.8. The SMILES string of the molecule is COc1ccc(CN2CCCC(Cc3ccc(-c4ccncc4)cc3)(C(N)=O)C2)c(F)c1. The van der Waals surface area contributed by atoms with E-state index < -0.39 is 5.41 Å². The molecule has 1 atom stereocenters. The summed E-state index contributed by atoms with van der Waals surface area (Å²) in [6.07, 6.45) is 5.69. The van der Waals surface area contributed by atoms with Crippen LogP contribution in [0.15, 0.2) is 67.0 Å². The number of methoxy groups -OCH3 is 1. The molecule has 5 nitrogen and oxygen atoms in total. The maximum absolute atomic E-state index is 14.5. The van der Waals surface area contributed by atoms with Crippen molar-refractivity contribution in [3.8, 4) is 16.9 Å². The molecule has 1 aliphatic heterocycles. The molecular formula is C26H28FN3O2. The molecular weight excluding hydrogens is 405 g/mol. The lowest BCUT2D eigenvalue weighted by Gasteiger charge is -2.41. The van der Waals surface area contributed by atoms with Crippen molar-refractivity contribution in [1.29, 1.82) is 0 Å². The van der Waals surface area contributed by atoms with Crippen LogP contribution in [0, 0.1) is 11.2 Å². The number of piperidine rings is 1. The summed E-state index contributed by atoms with van der Waals surface area (Å²) < 4.78 is 19.6. The minimum absolute atomic E-state index is 0.296. The van der Waals surface area contributed by atoms with Crippen molar-refractivity contribution >= 4 is 5.91 Å². The molecule has 2 aromatic carbocycles. The topological polar surface area (TPSA) is 68.4 Å². The molecule has 1 fully saturated rings. The van der Waals surface area contributed by atoms with Crippen LogP contribution >= 0.6 is 0 Å². The number of carbonyl (C=O) groups excluding carboxylic acids is 1. The standard InChI is InChI=1S/C26H28FN3O2/c1-32-23-8-7-22(24(27)15-23)17-30-14-2-11-26(18-30,25(28)31)16-19-3-5-20(6-4-19)21-9-12-29-13-10-21/h3-10,12-13,15H,2,11,14,16-18H2,1H3,(H2,28,31). The van der Waals surface area contributed by atoms with Gasteiger partial charge in [0.15, 0.2) is 0 Å². The molecule has 1 unspecified atom stereocenters. The van der Waals surface area contributed by atoms with Gasteiger partial charge in [-0.2, -0.15) is 0 Å². The summed E-state index contributed by atoms with van der Waals surface area (Å²) >= 11 is 0. The number of halogens is 1. The van der Waals surface area contributed by atoms with Gasteiger partial charge in [-0.3, -0.25) is 14.7 Å². The van der Waals surface area contributed by atoms with Gasteiger partial charge in [0.05, 0.1) is 12.5 Å². The van der Waals surface area contributed by atoms with Gasteiger partial charge in [0.25, 0.3) is 0 Å². The van der Waals surface area contributed by atoms with Gasteiger partial charge < -0.3 is 10.5 Å². The highest BCUT2D eigenvalue weighted by Crippen LogP contribution is 2.35. The van der Waals surface area contributed by atoms with Crippen molar-refractivity contribution in [2.45, 2.75) is 25.8 Å². The number of nitrogens with two attached hydrogens (primary N) is 1. The molecule has 2 N–H and O–H groups in total. The smallest absolute Gasteiger partial charge is 0.225 e. The van der Waals surface area contributed by atoms with Crippen molar-refractivity contribution in [3.05, 3.63) is 83.9 Å². The number of likely N-dealkylation sites (tertiary alicyclic amines) is 1. The number of ether oxygens (including phenoxy) is 1. The Morgan fingerprint density at radius 3 is 2.50 bits per heavy atom. The number of hydrogen-bond acceptors (Lipinski definition) is 4. The van der Waals surface area contributed by atoms with Gasteiger partial charge in [-0.25, -0.2) is 4.39 Å². The third kappa shape index (κ3) is 4.81. The highest BCUT2D eigenvalue weighted by atomic mass is 19.1. The zero-order valence-corrected chi connectivity index (χ0v) is 18.3. The Labute approximate surface area is 188 Å². The third-order valence-electron chi connectivity index (χ3n) is 6.34. The number of aromatic nitrogens is 1. The fourth-order valence-corrected chi connectivity index (χ4v) is 4.57. The average Bonchev–Trinajstić information content (AvgIpc) is 2.81. The fourth-order valence-electron chi connectivity index (χ4n) is 4.57. The van der Waals surface area contributed by atoms with Gasteiger partial charge in [0, 0.05) is 37.1 Å². The van der Waals surface area contributed by atoms with E-state index in [1.807, 2.05) is 12.1 Å². The fraction of sp³-hybridized carbons (Fsp3) is 0.308. The summed E-state index contributed by atoms with van der Waals surface area (Å²) in [6, 6.07) is 17.1. The van der Waals surface area contributed by atoms with E-state index in [-0.39, 0.29) is 11.7 Å². The van der Waals surface area contributed by atoms with Crippen LogP contribution in [0.4, 0.5) is 4.39 Å². The van der Waals surface area contributed by atoms with Crippen LogP contribution in [-0.2, 0) is 17.8 Å². The maximum Gasteiger partial charge on any atom is 0.225 e. The molecule has 1 aromatic heterocycles. The Bertz CT molecular complexity index is 1070. The second-order valence-electron chi connectivity index (χ2n) is 8.53. The van der Waals surface area contributed by atoms with Gasteiger partial charge in [0.1, 0.15) is 11.6 Å². The number of amides is 1. The Kier molecular flexibility index (Phi) is 6.51. The van der Waals surface area contributed by atoms with Crippen LogP contribution in [0.5, 0.6) is 5.75 Å². The normalized spacial score (nSPS) is 18.9. The van der Waals surface area contributed by atoms with Crippen LogP contribution in [0.3, 0.4) is 0 Å². The summed E-state index contributed by atoms with van der Waals surface area (Å²) in [5.41, 5.74) is 9.12. The van der Waals surface area contributed by atoms with E-state index in [0.29, 0.717) is 30.8 Å². The first-order valence-corrected chi connectivity index (χ1v) is 10.8. The second-order valence-corrected chi connectivity index (χ2v) is 8.53. The summed E-state index contributed by atoms with van der Waals surface area (Å²) in [7, 11) is 1.52. The maximum atomic E-state index is 14.5. The quantitative estimate of drug-likeness (QED) is 0.606. The number of carbonyl (C=O) groups is 1. The zero-order valence-electron chi connectivity index (χ0n) is 18.3. The van der Waals surface area contributed by atoms with E-state index in [9.17, 15) is 9.18 Å². The Balaban J connectivity index is 1.50. The minimum atomic E-state index is -0.667. The molecule has 0 radical (unpaired) electrons. The lowest BCUT2D eigenvalue weighted by molar-refractivity contribution is -0.131. The summed E-state index contributed by atoms with van der Waals surface area (Å²) in [5.74, 6) is -0.103. The van der Waals surface area contributed by atoms with Crippen molar-refractivity contribution in [2.24, 2.45) is 11.1 Å². The van der Waals surface area contributed by atoms with Crippen LogP contribution in [0.1, 0.15) is 24.0 Å². The first-order valence-electron chi connectivity index (χ1n) is 10.8. The molecule has 0 saturated carbocycles. The monoisotopic (exact) mass is 433 g/mol. The summed E-state index contributed by atoms with van der Waals surface area (Å²) in [6.45, 7) is 1.76. The van der Waals surface area contributed by atoms with Gasteiger partial charge in [0.2, 0.25) is 5.91 Å². The predicted octanol–water partition coefficient (Wildman–Crippen LogP) is 4.21. The highest BCUT2D eigenvalue weighted by Gasteiger charge is 2.41. The van der Waals surface area contributed by atoms with Crippen LogP contribution < -0.4 is 10.5 Å². The number of hydrogen-bond donors (Lipinski definition) is 1. The number of benzene rings is 2. The molecule has 6 heteroatoms. The number of rotatable bonds is 7. The van der Waals surface area contributed by atoms with Crippen LogP contribution in [-0.4, -0.2) is 36.0 Å². The average molecular weight is 434 g/mol. The molecule has 1 saturated heterocycles. The van der Waals surface area contributed by atoms with Crippen molar-refractivity contribution < 1.29 is 13.9 Å². The van der Waals surface area contributed by atoms with Crippen molar-refractivity contribution in [3.63, 3.8) is 0 Å². The molecule has 1 amide bonds. The molecule has 0 spiro atoms. The molecule has 1 aliphatic rings. The lowest BCUT2D eigenvalue weighted by Crippen LogP contribution is -2.51. The molecule has 4 rings (SSSR count). The minimum Gasteiger partial charge on any atom is -0.497 e. The Morgan fingerprint density at radius 2 is 1.84 bits per heavy atom. The molecule has 3 aromatic rings. The van der Waals surface area contributed by atoms with Crippen LogP contribution in [0.2, 0.25) is 0 Å². The van der Waals surface area contributed by atoms with E-state index in [1.165, 1.54) is 13.2 Å². The van der Waals surface area contributed by atoms with E-state index in [4.69, 9.17) is 10.5 Å². The number of nitrogens with zero attached hydrogens (tertiary/aromatic N) is 2. The first kappa shape index (κ1) is 22.0. The van der Waals surface area contributed by atoms with Crippen molar-refractivity contribution in [2.75, 3.05) is 20.2 Å². The third-order valence-corrected chi connectivity index (χ3v) is 6.34. The van der Waals surface area contributed by atoms with E-state index >= 15 is 0 Å². The second kappa shape index (κ2) is 9.49. The molecule has 166 valence electrons. The van der Waals surface area contributed by atoms with Gasteiger partial charge in [-0.05, 0) is 60.7 Å². The van der Waals surface area contributed by atoms with Gasteiger partial charge in [-0.15, -0.1) is 0 Å². The van der Waals surface area contributed by atoms with E-state index in [0.717, 1.165) is 36.1 Å². The first-order chi connectivity index (χ1) is 15.5. The molecule has 0 aliphatic carbocycles. The lowest BCUT2D eigenvalue weighted by atomic mass is 9.74. The number of pyridine rings is 1. The van der Waals surface area contributed by atoms with Crippen molar-refractivity contribution in [1.82, 2.24) is 9.88 Å². The number of primary amides is 1. The molecule has 32 heavy (non-hydrogen) atoms. The zero-order chi connectivity index (χ0) is 22.6. The molecule has 2 heterocycles. The van der Waals surface area contributed by atoms with Gasteiger partial charge >= 0.3 is 0 Å². The Morgan fingerprint density at radius 1 is 1.12 bits per heavy atom. The predicted molar refractivity (Wildman–Crippen MR) is 122 cm³/mol. The van der Waals surface area contributed by atoms with E-state index in [1.54, 1.807) is 24.5 Å². The van der Waals surface area contributed by atoms with Gasteiger partial charge in [-0.1, -0.05) is 30.3 Å². The summed E-state index contributed by atoms with van der Waals surface area (Å²) in [5, 5.41) is 0. The highest BCUT2D eigenvalue weighted by molar-refractivity contribution is 5.81. The largest absolute Gasteiger partial charge is 0.497 e. The Hall–Kier alpha value is -3.25.